The lowest BCUT2D eigenvalue weighted by Gasteiger charge is -2.13. The number of carbonyl (C=O) groups is 1. The van der Waals surface area contributed by atoms with E-state index in [0.717, 1.165) is 18.2 Å². The highest BCUT2D eigenvalue weighted by molar-refractivity contribution is 7.80. The highest BCUT2D eigenvalue weighted by Crippen LogP contribution is 2.33. The van der Waals surface area contributed by atoms with Crippen LogP contribution in [0.15, 0.2) is 48.5 Å². The van der Waals surface area contributed by atoms with Gasteiger partial charge in [0.1, 0.15) is 0 Å². The minimum Gasteiger partial charge on any atom is -0.331 e. The lowest BCUT2D eigenvalue weighted by Crippen LogP contribution is -2.34. The fourth-order valence-electron chi connectivity index (χ4n) is 1.71. The van der Waals surface area contributed by atoms with E-state index in [1.807, 2.05) is 0 Å². The first-order chi connectivity index (χ1) is 10.8. The van der Waals surface area contributed by atoms with Crippen molar-refractivity contribution in [1.29, 1.82) is 0 Å². The van der Waals surface area contributed by atoms with Gasteiger partial charge in [0.25, 0.3) is 5.91 Å². The first kappa shape index (κ1) is 17.2. The fraction of sp³-hybridized carbons (Fsp3) is 0.0667. The number of hydrogen-bond donors (Lipinski definition) is 2. The number of halogens is 4. The number of rotatable bonds is 2. The van der Waals surface area contributed by atoms with Crippen molar-refractivity contribution in [2.75, 3.05) is 5.32 Å². The maximum atomic E-state index is 12.6. The smallest absolute Gasteiger partial charge is 0.331 e. The predicted molar refractivity (Wildman–Crippen MR) is 86.6 cm³/mol. The van der Waals surface area contributed by atoms with Gasteiger partial charge in [-0.2, -0.15) is 13.2 Å². The minimum absolute atomic E-state index is 0.0690. The van der Waals surface area contributed by atoms with Gasteiger partial charge < -0.3 is 5.32 Å². The first-order valence-electron chi connectivity index (χ1n) is 6.31. The van der Waals surface area contributed by atoms with Crippen molar-refractivity contribution in [2.45, 2.75) is 6.18 Å². The number of alkyl halides is 3. The molecular formula is C15H10ClF3N2OS. The summed E-state index contributed by atoms with van der Waals surface area (Å²) in [5.41, 5.74) is -0.305. The van der Waals surface area contributed by atoms with Crippen molar-refractivity contribution in [3.8, 4) is 0 Å². The predicted octanol–water partition coefficient (Wildman–Crippen LogP) is 4.49. The van der Waals surface area contributed by atoms with E-state index in [0.29, 0.717) is 5.56 Å². The summed E-state index contributed by atoms with van der Waals surface area (Å²) in [6.07, 6.45) is -4.48. The van der Waals surface area contributed by atoms with E-state index < -0.39 is 17.6 Å². The van der Waals surface area contributed by atoms with Crippen molar-refractivity contribution < 1.29 is 18.0 Å². The lowest BCUT2D eigenvalue weighted by atomic mass is 10.2. The molecule has 0 saturated carbocycles. The second kappa shape index (κ2) is 6.97. The van der Waals surface area contributed by atoms with Gasteiger partial charge >= 0.3 is 6.18 Å². The third kappa shape index (κ3) is 4.67. The van der Waals surface area contributed by atoms with Crippen molar-refractivity contribution >= 4 is 40.5 Å². The first-order valence-corrected chi connectivity index (χ1v) is 7.10. The van der Waals surface area contributed by atoms with E-state index in [4.69, 9.17) is 23.8 Å². The Hall–Kier alpha value is -2.12. The summed E-state index contributed by atoms with van der Waals surface area (Å²) < 4.78 is 37.7. The Morgan fingerprint density at radius 1 is 1.09 bits per heavy atom. The number of nitrogens with one attached hydrogen (secondary N) is 2. The molecule has 0 aliphatic rings. The molecule has 2 rings (SSSR count). The van der Waals surface area contributed by atoms with Crippen molar-refractivity contribution in [3.63, 3.8) is 0 Å². The van der Waals surface area contributed by atoms with Crippen LogP contribution < -0.4 is 10.6 Å². The van der Waals surface area contributed by atoms with Crippen LogP contribution in [0, 0.1) is 0 Å². The molecule has 0 aliphatic carbocycles. The Labute approximate surface area is 140 Å². The number of carbonyl (C=O) groups excluding carboxylic acids is 1. The van der Waals surface area contributed by atoms with Gasteiger partial charge in [-0.15, -0.1) is 0 Å². The van der Waals surface area contributed by atoms with Crippen molar-refractivity contribution in [2.24, 2.45) is 0 Å². The van der Waals surface area contributed by atoms with Crippen LogP contribution in [0.2, 0.25) is 5.02 Å². The summed E-state index contributed by atoms with van der Waals surface area (Å²) in [5, 5.41) is 4.78. The molecule has 0 spiro atoms. The van der Waals surface area contributed by atoms with Crippen LogP contribution in [-0.4, -0.2) is 11.0 Å². The fourth-order valence-corrected chi connectivity index (χ4v) is 2.14. The molecule has 0 aliphatic heterocycles. The Morgan fingerprint density at radius 2 is 1.74 bits per heavy atom. The Morgan fingerprint density at radius 3 is 2.30 bits per heavy atom. The molecule has 0 bridgehead atoms. The zero-order valence-electron chi connectivity index (χ0n) is 11.4. The molecule has 0 aromatic heterocycles. The van der Waals surface area contributed by atoms with E-state index in [2.05, 4.69) is 10.6 Å². The van der Waals surface area contributed by atoms with Gasteiger partial charge in [-0.05, 0) is 42.5 Å². The van der Waals surface area contributed by atoms with Crippen LogP contribution in [0.1, 0.15) is 15.9 Å². The van der Waals surface area contributed by atoms with E-state index in [-0.39, 0.29) is 15.8 Å². The highest BCUT2D eigenvalue weighted by Gasteiger charge is 2.30. The van der Waals surface area contributed by atoms with E-state index in [1.54, 1.807) is 30.3 Å². The maximum Gasteiger partial charge on any atom is 0.416 e. The third-order valence-corrected chi connectivity index (χ3v) is 3.32. The Balaban J connectivity index is 2.05. The van der Waals surface area contributed by atoms with Crippen LogP contribution in [0.3, 0.4) is 0 Å². The number of anilines is 1. The van der Waals surface area contributed by atoms with Crippen LogP contribution in [-0.2, 0) is 6.18 Å². The third-order valence-electron chi connectivity index (χ3n) is 2.81. The molecule has 23 heavy (non-hydrogen) atoms. The molecule has 0 saturated heterocycles. The summed E-state index contributed by atoms with van der Waals surface area (Å²) in [4.78, 5) is 11.9. The standard InChI is InChI=1S/C15H10ClF3N2OS/c16-11-8-10(15(17,18)19)6-7-12(11)20-14(23)21-13(22)9-4-2-1-3-5-9/h1-8H,(H2,20,21,22,23). The van der Waals surface area contributed by atoms with Gasteiger partial charge in [0.15, 0.2) is 5.11 Å². The number of benzene rings is 2. The van der Waals surface area contributed by atoms with Crippen molar-refractivity contribution in [1.82, 2.24) is 5.32 Å². The normalized spacial score (nSPS) is 11.0. The number of thiocarbonyl (C=S) groups is 1. The summed E-state index contributed by atoms with van der Waals surface area (Å²) in [6.45, 7) is 0. The van der Waals surface area contributed by atoms with Gasteiger partial charge in [-0.25, -0.2) is 0 Å². The molecule has 1 amide bonds. The van der Waals surface area contributed by atoms with E-state index >= 15 is 0 Å². The molecular weight excluding hydrogens is 349 g/mol. The zero-order valence-corrected chi connectivity index (χ0v) is 13.0. The zero-order chi connectivity index (χ0) is 17.0. The molecule has 120 valence electrons. The molecule has 2 aromatic carbocycles. The summed E-state index contributed by atoms with van der Waals surface area (Å²) >= 11 is 10.8. The topological polar surface area (TPSA) is 41.1 Å². The van der Waals surface area contributed by atoms with E-state index in [1.165, 1.54) is 0 Å². The molecule has 0 heterocycles. The number of amides is 1. The lowest BCUT2D eigenvalue weighted by molar-refractivity contribution is -0.137. The maximum absolute atomic E-state index is 12.6. The van der Waals surface area contributed by atoms with Crippen LogP contribution in [0.5, 0.6) is 0 Å². The summed E-state index contributed by atoms with van der Waals surface area (Å²) in [6, 6.07) is 11.1. The van der Waals surface area contributed by atoms with Crippen LogP contribution >= 0.6 is 23.8 Å². The van der Waals surface area contributed by atoms with Gasteiger partial charge in [0.2, 0.25) is 0 Å². The van der Waals surface area contributed by atoms with Gasteiger partial charge in [0.05, 0.1) is 16.3 Å². The number of hydrogen-bond acceptors (Lipinski definition) is 2. The van der Waals surface area contributed by atoms with Gasteiger partial charge in [-0.3, -0.25) is 10.1 Å². The van der Waals surface area contributed by atoms with Crippen LogP contribution in [0.4, 0.5) is 18.9 Å². The molecule has 2 N–H and O–H groups in total. The van der Waals surface area contributed by atoms with Crippen molar-refractivity contribution in [3.05, 3.63) is 64.7 Å². The molecule has 0 atom stereocenters. The molecule has 0 radical (unpaired) electrons. The van der Waals surface area contributed by atoms with Crippen LogP contribution in [0.25, 0.3) is 0 Å². The quantitative estimate of drug-likeness (QED) is 0.777. The average molecular weight is 359 g/mol. The highest BCUT2D eigenvalue weighted by atomic mass is 35.5. The molecule has 2 aromatic rings. The van der Waals surface area contributed by atoms with Gasteiger partial charge in [-0.1, -0.05) is 29.8 Å². The second-order valence-electron chi connectivity index (χ2n) is 4.47. The molecule has 3 nitrogen and oxygen atoms in total. The average Bonchev–Trinajstić information content (AvgIpc) is 2.49. The Kier molecular flexibility index (Phi) is 5.23. The summed E-state index contributed by atoms with van der Waals surface area (Å²) in [7, 11) is 0. The molecule has 0 unspecified atom stereocenters. The Bertz CT molecular complexity index is 735. The minimum atomic E-state index is -4.48. The second-order valence-corrected chi connectivity index (χ2v) is 5.28. The summed E-state index contributed by atoms with van der Waals surface area (Å²) in [5.74, 6) is -0.439. The largest absolute Gasteiger partial charge is 0.416 e. The van der Waals surface area contributed by atoms with Gasteiger partial charge in [0, 0.05) is 5.56 Å². The monoisotopic (exact) mass is 358 g/mol. The molecule has 8 heteroatoms. The SMILES string of the molecule is O=C(NC(=S)Nc1ccc(C(F)(F)F)cc1Cl)c1ccccc1. The van der Waals surface area contributed by atoms with E-state index in [9.17, 15) is 18.0 Å². The molecule has 0 fully saturated rings.